The largest absolute Gasteiger partial charge is 0.361 e. The molecule has 1 aromatic carbocycles. The Morgan fingerprint density at radius 3 is 3.00 bits per heavy atom. The summed E-state index contributed by atoms with van der Waals surface area (Å²) in [5, 5.41) is 7.35. The highest BCUT2D eigenvalue weighted by atomic mass is 79.9. The highest BCUT2D eigenvalue weighted by Crippen LogP contribution is 2.32. The molecule has 0 spiro atoms. The van der Waals surface area contributed by atoms with Crippen LogP contribution in [0.25, 0.3) is 11.1 Å². The first-order valence-electron chi connectivity index (χ1n) is 6.24. The Morgan fingerprint density at radius 2 is 2.22 bits per heavy atom. The molecule has 3 nitrogen and oxygen atoms in total. The van der Waals surface area contributed by atoms with Crippen molar-refractivity contribution >= 4 is 15.9 Å². The summed E-state index contributed by atoms with van der Waals surface area (Å²) in [6.45, 7) is 2.19. The van der Waals surface area contributed by atoms with Crippen molar-refractivity contribution < 1.29 is 4.52 Å². The average molecular weight is 307 g/mol. The highest BCUT2D eigenvalue weighted by Gasteiger charge is 2.20. The van der Waals surface area contributed by atoms with Crippen molar-refractivity contribution in [3.05, 3.63) is 40.7 Å². The summed E-state index contributed by atoms with van der Waals surface area (Å²) in [5.74, 6) is 1.66. The molecule has 2 heterocycles. The number of nitrogens with one attached hydrogen (secondary N) is 1. The van der Waals surface area contributed by atoms with Gasteiger partial charge >= 0.3 is 0 Å². The summed E-state index contributed by atoms with van der Waals surface area (Å²) in [4.78, 5) is 0. The Labute approximate surface area is 115 Å². The monoisotopic (exact) mass is 306 g/mol. The summed E-state index contributed by atoms with van der Waals surface area (Å²) in [7, 11) is 0. The second-order valence-electron chi connectivity index (χ2n) is 4.71. The van der Waals surface area contributed by atoms with Gasteiger partial charge in [-0.15, -0.1) is 0 Å². The summed E-state index contributed by atoms with van der Waals surface area (Å²) in [5.41, 5.74) is 2.26. The number of benzene rings is 1. The molecule has 94 valence electrons. The maximum atomic E-state index is 5.44. The molecule has 1 saturated heterocycles. The van der Waals surface area contributed by atoms with Crippen LogP contribution in [0.3, 0.4) is 0 Å². The van der Waals surface area contributed by atoms with Gasteiger partial charge in [-0.25, -0.2) is 0 Å². The third kappa shape index (κ3) is 2.35. The van der Waals surface area contributed by atoms with Gasteiger partial charge in [0, 0.05) is 22.0 Å². The first-order chi connectivity index (χ1) is 8.84. The first kappa shape index (κ1) is 11.9. The van der Waals surface area contributed by atoms with E-state index in [4.69, 9.17) is 4.52 Å². The topological polar surface area (TPSA) is 38.1 Å². The SMILES string of the molecule is Brc1ccccc1-c1cnoc1CC1CCNC1. The van der Waals surface area contributed by atoms with E-state index in [0.717, 1.165) is 40.9 Å². The Hall–Kier alpha value is -1.13. The maximum absolute atomic E-state index is 5.44. The smallest absolute Gasteiger partial charge is 0.144 e. The van der Waals surface area contributed by atoms with Crippen LogP contribution in [0, 0.1) is 5.92 Å². The Balaban J connectivity index is 1.89. The van der Waals surface area contributed by atoms with E-state index in [1.807, 2.05) is 24.4 Å². The zero-order valence-corrected chi connectivity index (χ0v) is 11.6. The fourth-order valence-electron chi connectivity index (χ4n) is 2.46. The van der Waals surface area contributed by atoms with Gasteiger partial charge in [0.1, 0.15) is 5.76 Å². The zero-order chi connectivity index (χ0) is 12.4. The summed E-state index contributed by atoms with van der Waals surface area (Å²) >= 11 is 3.58. The van der Waals surface area contributed by atoms with Crippen molar-refractivity contribution in [2.45, 2.75) is 12.8 Å². The third-order valence-electron chi connectivity index (χ3n) is 3.45. The normalized spacial score (nSPS) is 19.3. The van der Waals surface area contributed by atoms with E-state index in [-0.39, 0.29) is 0 Å². The molecule has 1 atom stereocenters. The van der Waals surface area contributed by atoms with E-state index < -0.39 is 0 Å². The van der Waals surface area contributed by atoms with Crippen LogP contribution in [0.1, 0.15) is 12.2 Å². The third-order valence-corrected chi connectivity index (χ3v) is 4.14. The van der Waals surface area contributed by atoms with Gasteiger partial charge in [-0.1, -0.05) is 39.3 Å². The maximum Gasteiger partial charge on any atom is 0.144 e. The minimum Gasteiger partial charge on any atom is -0.361 e. The standard InChI is InChI=1S/C14H15BrN2O/c15-13-4-2-1-3-11(13)12-9-17-18-14(12)7-10-5-6-16-8-10/h1-4,9-10,16H,5-8H2. The molecule has 2 aromatic rings. The van der Waals surface area contributed by atoms with E-state index >= 15 is 0 Å². The Bertz CT molecular complexity index is 532. The molecule has 1 aromatic heterocycles. The van der Waals surface area contributed by atoms with Crippen molar-refractivity contribution in [3.8, 4) is 11.1 Å². The van der Waals surface area contributed by atoms with Crippen molar-refractivity contribution in [2.24, 2.45) is 5.92 Å². The predicted molar refractivity (Wildman–Crippen MR) is 74.3 cm³/mol. The van der Waals surface area contributed by atoms with Crippen LogP contribution in [0.15, 0.2) is 39.5 Å². The second kappa shape index (κ2) is 5.24. The van der Waals surface area contributed by atoms with Crippen molar-refractivity contribution in [1.29, 1.82) is 0 Å². The van der Waals surface area contributed by atoms with Gasteiger partial charge in [-0.2, -0.15) is 0 Å². The van der Waals surface area contributed by atoms with Gasteiger partial charge in [0.05, 0.1) is 6.20 Å². The van der Waals surface area contributed by atoms with Gasteiger partial charge in [-0.3, -0.25) is 0 Å². The number of rotatable bonds is 3. The molecule has 1 N–H and O–H groups in total. The first-order valence-corrected chi connectivity index (χ1v) is 7.03. The van der Waals surface area contributed by atoms with Crippen molar-refractivity contribution in [3.63, 3.8) is 0 Å². The van der Waals surface area contributed by atoms with Crippen LogP contribution >= 0.6 is 15.9 Å². The summed E-state index contributed by atoms with van der Waals surface area (Å²) in [6, 6.07) is 8.19. The molecule has 1 fully saturated rings. The van der Waals surface area contributed by atoms with Crippen molar-refractivity contribution in [2.75, 3.05) is 13.1 Å². The van der Waals surface area contributed by atoms with Gasteiger partial charge in [0.15, 0.2) is 0 Å². The van der Waals surface area contributed by atoms with Crippen LogP contribution in [0.4, 0.5) is 0 Å². The van der Waals surface area contributed by atoms with Gasteiger partial charge in [0.2, 0.25) is 0 Å². The van der Waals surface area contributed by atoms with Crippen LogP contribution < -0.4 is 5.32 Å². The van der Waals surface area contributed by atoms with Crippen LogP contribution in [0.2, 0.25) is 0 Å². The quantitative estimate of drug-likeness (QED) is 0.946. The lowest BCUT2D eigenvalue weighted by molar-refractivity contribution is 0.364. The molecule has 0 aliphatic carbocycles. The van der Waals surface area contributed by atoms with Gasteiger partial charge < -0.3 is 9.84 Å². The fraction of sp³-hybridized carbons (Fsp3) is 0.357. The van der Waals surface area contributed by atoms with E-state index in [0.29, 0.717) is 5.92 Å². The number of halogens is 1. The second-order valence-corrected chi connectivity index (χ2v) is 5.56. The van der Waals surface area contributed by atoms with Gasteiger partial charge in [-0.05, 0) is 31.5 Å². The van der Waals surface area contributed by atoms with Crippen LogP contribution in [0.5, 0.6) is 0 Å². The average Bonchev–Trinajstić information content (AvgIpc) is 3.02. The minimum atomic E-state index is 0.666. The lowest BCUT2D eigenvalue weighted by Crippen LogP contribution is -2.10. The molecule has 4 heteroatoms. The molecule has 0 saturated carbocycles. The number of nitrogens with zero attached hydrogens (tertiary/aromatic N) is 1. The Morgan fingerprint density at radius 1 is 1.33 bits per heavy atom. The summed E-state index contributed by atoms with van der Waals surface area (Å²) < 4.78 is 6.52. The molecule has 1 unspecified atom stereocenters. The highest BCUT2D eigenvalue weighted by molar-refractivity contribution is 9.10. The van der Waals surface area contributed by atoms with E-state index in [2.05, 4.69) is 32.5 Å². The summed E-state index contributed by atoms with van der Waals surface area (Å²) in [6.07, 6.45) is 4.00. The molecular weight excluding hydrogens is 292 g/mol. The number of aromatic nitrogens is 1. The molecule has 0 radical (unpaired) electrons. The molecule has 3 rings (SSSR count). The van der Waals surface area contributed by atoms with Gasteiger partial charge in [0.25, 0.3) is 0 Å². The Kier molecular flexibility index (Phi) is 3.48. The van der Waals surface area contributed by atoms with E-state index in [1.165, 1.54) is 6.42 Å². The van der Waals surface area contributed by atoms with Crippen molar-refractivity contribution in [1.82, 2.24) is 10.5 Å². The molecule has 1 aliphatic rings. The molecular formula is C14H15BrN2O. The fourth-order valence-corrected chi connectivity index (χ4v) is 2.96. The number of hydrogen-bond acceptors (Lipinski definition) is 3. The molecule has 18 heavy (non-hydrogen) atoms. The molecule has 1 aliphatic heterocycles. The molecule has 0 bridgehead atoms. The molecule has 0 amide bonds. The van der Waals surface area contributed by atoms with Crippen LogP contribution in [-0.4, -0.2) is 18.2 Å². The van der Waals surface area contributed by atoms with E-state index in [1.54, 1.807) is 0 Å². The van der Waals surface area contributed by atoms with E-state index in [9.17, 15) is 0 Å². The van der Waals surface area contributed by atoms with Crippen LogP contribution in [-0.2, 0) is 6.42 Å². The lowest BCUT2D eigenvalue weighted by Gasteiger charge is -2.07. The predicted octanol–water partition coefficient (Wildman–Crippen LogP) is 3.26. The minimum absolute atomic E-state index is 0.666. The lowest BCUT2D eigenvalue weighted by atomic mass is 9.98. The zero-order valence-electron chi connectivity index (χ0n) is 10.0. The number of hydrogen-bond donors (Lipinski definition) is 1.